The fourth-order valence-corrected chi connectivity index (χ4v) is 2.44. The number of rotatable bonds is 3. The minimum atomic E-state index is -1.17. The van der Waals surface area contributed by atoms with Gasteiger partial charge in [0, 0.05) is 6.04 Å². The highest BCUT2D eigenvalue weighted by atomic mass is 19.1. The first-order chi connectivity index (χ1) is 9.47. The van der Waals surface area contributed by atoms with Gasteiger partial charge in [-0.15, -0.1) is 0 Å². The molecule has 0 radical (unpaired) electrons. The van der Waals surface area contributed by atoms with Crippen LogP contribution >= 0.6 is 0 Å². The average Bonchev–Trinajstić information content (AvgIpc) is 2.77. The fourth-order valence-electron chi connectivity index (χ4n) is 2.44. The fraction of sp³-hybridized carbons (Fsp3) is 0.429. The number of urea groups is 1. The number of carboxylic acids is 1. The summed E-state index contributed by atoms with van der Waals surface area (Å²) in [6.07, 6.45) is 3.04. The highest BCUT2D eigenvalue weighted by Gasteiger charge is 2.25. The van der Waals surface area contributed by atoms with Gasteiger partial charge in [0.25, 0.3) is 0 Å². The lowest BCUT2D eigenvalue weighted by Crippen LogP contribution is -2.39. The van der Waals surface area contributed by atoms with Crippen LogP contribution in [0.3, 0.4) is 0 Å². The van der Waals surface area contributed by atoms with Crippen molar-refractivity contribution >= 4 is 17.7 Å². The molecule has 1 aliphatic rings. The lowest BCUT2D eigenvalue weighted by atomic mass is 10.1. The summed E-state index contributed by atoms with van der Waals surface area (Å²) in [4.78, 5) is 22.6. The number of aromatic carboxylic acids is 1. The molecule has 3 N–H and O–H groups in total. The summed E-state index contributed by atoms with van der Waals surface area (Å²) in [7, 11) is 0. The summed E-state index contributed by atoms with van der Waals surface area (Å²) in [6, 6.07) is 2.86. The monoisotopic (exact) mass is 280 g/mol. The van der Waals surface area contributed by atoms with Gasteiger partial charge < -0.3 is 15.7 Å². The molecule has 2 amide bonds. The van der Waals surface area contributed by atoms with E-state index in [-0.39, 0.29) is 17.3 Å². The number of amides is 2. The van der Waals surface area contributed by atoms with Crippen molar-refractivity contribution in [3.05, 3.63) is 29.6 Å². The highest BCUT2D eigenvalue weighted by Crippen LogP contribution is 2.25. The summed E-state index contributed by atoms with van der Waals surface area (Å²) in [5.41, 5.74) is -0.205. The zero-order valence-electron chi connectivity index (χ0n) is 11.1. The molecule has 1 saturated carbocycles. The van der Waals surface area contributed by atoms with Gasteiger partial charge in [-0.05, 0) is 37.0 Å². The van der Waals surface area contributed by atoms with Crippen LogP contribution in [0, 0.1) is 11.7 Å². The number of nitrogens with one attached hydrogen (secondary N) is 2. The van der Waals surface area contributed by atoms with Crippen molar-refractivity contribution in [2.45, 2.75) is 32.2 Å². The minimum Gasteiger partial charge on any atom is -0.478 e. The summed E-state index contributed by atoms with van der Waals surface area (Å²) in [5.74, 6) is -1.43. The van der Waals surface area contributed by atoms with Crippen LogP contribution in [0.4, 0.5) is 14.9 Å². The molecule has 20 heavy (non-hydrogen) atoms. The van der Waals surface area contributed by atoms with Gasteiger partial charge in [-0.25, -0.2) is 14.0 Å². The van der Waals surface area contributed by atoms with E-state index >= 15 is 0 Å². The van der Waals surface area contributed by atoms with Crippen molar-refractivity contribution in [1.82, 2.24) is 5.32 Å². The van der Waals surface area contributed by atoms with E-state index in [1.807, 2.05) is 0 Å². The van der Waals surface area contributed by atoms with Gasteiger partial charge in [-0.1, -0.05) is 13.3 Å². The van der Waals surface area contributed by atoms with Gasteiger partial charge in [-0.2, -0.15) is 0 Å². The molecule has 0 aromatic heterocycles. The lowest BCUT2D eigenvalue weighted by molar-refractivity contribution is 0.0697. The third-order valence-corrected chi connectivity index (χ3v) is 3.64. The molecule has 0 spiro atoms. The number of carboxylic acid groups (broad SMARTS) is 1. The number of benzene rings is 1. The third kappa shape index (κ3) is 3.26. The summed E-state index contributed by atoms with van der Waals surface area (Å²) >= 11 is 0. The Morgan fingerprint density at radius 2 is 2.10 bits per heavy atom. The molecule has 0 heterocycles. The van der Waals surface area contributed by atoms with E-state index in [1.165, 1.54) is 0 Å². The Labute approximate surface area is 116 Å². The zero-order valence-corrected chi connectivity index (χ0v) is 11.1. The van der Waals surface area contributed by atoms with E-state index in [2.05, 4.69) is 17.6 Å². The molecule has 2 rings (SSSR count). The Kier molecular flexibility index (Phi) is 4.22. The van der Waals surface area contributed by atoms with Crippen LogP contribution in [0.1, 0.15) is 36.5 Å². The van der Waals surface area contributed by atoms with Crippen LogP contribution in [0.5, 0.6) is 0 Å². The predicted octanol–water partition coefficient (Wildman–Crippen LogP) is 2.83. The molecule has 2 unspecified atom stereocenters. The number of carbonyl (C=O) groups is 2. The number of hydrogen-bond donors (Lipinski definition) is 3. The maximum absolute atomic E-state index is 13.5. The molecular formula is C14H17FN2O3. The maximum atomic E-state index is 13.5. The normalized spacial score (nSPS) is 21.5. The molecular weight excluding hydrogens is 263 g/mol. The van der Waals surface area contributed by atoms with Gasteiger partial charge in [0.05, 0.1) is 11.3 Å². The Hall–Kier alpha value is -2.11. The smallest absolute Gasteiger partial charge is 0.335 e. The second-order valence-electron chi connectivity index (χ2n) is 5.11. The van der Waals surface area contributed by atoms with E-state index < -0.39 is 17.8 Å². The standard InChI is InChI=1S/C14H17FN2O3/c1-8-3-2-4-11(8)16-14(20)17-12-7-9(13(18)19)5-6-10(12)15/h5-8,11H,2-4H2,1H3,(H,18,19)(H2,16,17,20). The molecule has 108 valence electrons. The second-order valence-corrected chi connectivity index (χ2v) is 5.11. The van der Waals surface area contributed by atoms with Gasteiger partial charge in [0.2, 0.25) is 0 Å². The van der Waals surface area contributed by atoms with Crippen molar-refractivity contribution < 1.29 is 19.1 Å². The van der Waals surface area contributed by atoms with Gasteiger partial charge in [0.15, 0.2) is 0 Å². The molecule has 6 heteroatoms. The first-order valence-electron chi connectivity index (χ1n) is 6.57. The molecule has 1 fully saturated rings. The number of anilines is 1. The van der Waals surface area contributed by atoms with E-state index in [0.717, 1.165) is 37.5 Å². The van der Waals surface area contributed by atoms with Gasteiger partial charge in [0.1, 0.15) is 5.82 Å². The van der Waals surface area contributed by atoms with Crippen molar-refractivity contribution in [2.24, 2.45) is 5.92 Å². The third-order valence-electron chi connectivity index (χ3n) is 3.64. The van der Waals surface area contributed by atoms with E-state index in [9.17, 15) is 14.0 Å². The average molecular weight is 280 g/mol. The topological polar surface area (TPSA) is 78.4 Å². The van der Waals surface area contributed by atoms with Crippen LogP contribution in [0.15, 0.2) is 18.2 Å². The largest absolute Gasteiger partial charge is 0.478 e. The number of carbonyl (C=O) groups excluding carboxylic acids is 1. The van der Waals surface area contributed by atoms with Crippen LogP contribution in [0.25, 0.3) is 0 Å². The van der Waals surface area contributed by atoms with E-state index in [1.54, 1.807) is 0 Å². The summed E-state index contributed by atoms with van der Waals surface area (Å²) in [5, 5.41) is 14.0. The summed E-state index contributed by atoms with van der Waals surface area (Å²) < 4.78 is 13.5. The van der Waals surface area contributed by atoms with Crippen molar-refractivity contribution in [1.29, 1.82) is 0 Å². The molecule has 2 atom stereocenters. The predicted molar refractivity (Wildman–Crippen MR) is 72.3 cm³/mol. The first kappa shape index (κ1) is 14.3. The first-order valence-corrected chi connectivity index (χ1v) is 6.57. The van der Waals surface area contributed by atoms with Crippen molar-refractivity contribution in [3.63, 3.8) is 0 Å². The Morgan fingerprint density at radius 1 is 1.35 bits per heavy atom. The maximum Gasteiger partial charge on any atom is 0.335 e. The molecule has 5 nitrogen and oxygen atoms in total. The molecule has 0 bridgehead atoms. The summed E-state index contributed by atoms with van der Waals surface area (Å²) in [6.45, 7) is 2.06. The second kappa shape index (κ2) is 5.90. The SMILES string of the molecule is CC1CCCC1NC(=O)Nc1cc(C(=O)O)ccc1F. The Balaban J connectivity index is 2.03. The highest BCUT2D eigenvalue weighted by molar-refractivity contribution is 5.93. The minimum absolute atomic E-state index is 0.0732. The molecule has 1 aromatic rings. The molecule has 1 aliphatic carbocycles. The Bertz CT molecular complexity index is 533. The molecule has 1 aromatic carbocycles. The van der Waals surface area contributed by atoms with Crippen LogP contribution in [-0.4, -0.2) is 23.1 Å². The quantitative estimate of drug-likeness (QED) is 0.796. The number of hydrogen-bond acceptors (Lipinski definition) is 2. The van der Waals surface area contributed by atoms with Crippen molar-refractivity contribution in [2.75, 3.05) is 5.32 Å². The van der Waals surface area contributed by atoms with Crippen molar-refractivity contribution in [3.8, 4) is 0 Å². The van der Waals surface area contributed by atoms with Gasteiger partial charge in [-0.3, -0.25) is 0 Å². The van der Waals surface area contributed by atoms with E-state index in [4.69, 9.17) is 5.11 Å². The molecule has 0 aliphatic heterocycles. The Morgan fingerprint density at radius 3 is 2.70 bits per heavy atom. The lowest BCUT2D eigenvalue weighted by Gasteiger charge is -2.18. The molecule has 0 saturated heterocycles. The van der Waals surface area contributed by atoms with Crippen LogP contribution < -0.4 is 10.6 Å². The van der Waals surface area contributed by atoms with Crippen LogP contribution in [0.2, 0.25) is 0 Å². The van der Waals surface area contributed by atoms with Gasteiger partial charge >= 0.3 is 12.0 Å². The van der Waals surface area contributed by atoms with E-state index in [0.29, 0.717) is 5.92 Å². The number of halogens is 1. The zero-order chi connectivity index (χ0) is 14.7. The van der Waals surface area contributed by atoms with Crippen LogP contribution in [-0.2, 0) is 0 Å².